The Bertz CT molecular complexity index is 1060. The van der Waals surface area contributed by atoms with Crippen LogP contribution in [0.15, 0.2) is 28.7 Å². The number of likely N-dealkylation sites (tertiary alicyclic amines) is 1. The summed E-state index contributed by atoms with van der Waals surface area (Å²) < 4.78 is 26.8. The molecule has 0 N–H and O–H groups in total. The maximum Gasteiger partial charge on any atom is 0.256 e. The second-order valence-corrected chi connectivity index (χ2v) is 9.35. The molecule has 31 heavy (non-hydrogen) atoms. The highest BCUT2D eigenvalue weighted by Gasteiger charge is 2.34. The van der Waals surface area contributed by atoms with Gasteiger partial charge in [-0.2, -0.15) is 0 Å². The van der Waals surface area contributed by atoms with E-state index in [9.17, 15) is 14.0 Å². The van der Waals surface area contributed by atoms with Gasteiger partial charge in [0.15, 0.2) is 5.78 Å². The van der Waals surface area contributed by atoms with Crippen LogP contribution >= 0.6 is 15.9 Å². The van der Waals surface area contributed by atoms with Crippen LogP contribution in [0.4, 0.5) is 4.39 Å². The van der Waals surface area contributed by atoms with Crippen LogP contribution in [-0.4, -0.2) is 42.9 Å². The van der Waals surface area contributed by atoms with Crippen molar-refractivity contribution in [1.82, 2.24) is 4.90 Å². The standard InChI is InChI=1S/C24H23BrFNO4/c25-23-18-4-2-1-3-15(18)5-6-21(23)30-12-14-10-27(11-14)24(29)19-8-16-7-17(28)13-31-22(16)9-20(19)26/h5-6,8-9,14H,1-4,7,10-13H2. The van der Waals surface area contributed by atoms with Crippen LogP contribution < -0.4 is 9.47 Å². The smallest absolute Gasteiger partial charge is 0.256 e. The first kappa shape index (κ1) is 20.5. The third-order valence-corrected chi connectivity index (χ3v) is 7.17. The van der Waals surface area contributed by atoms with Crippen molar-refractivity contribution in [3.63, 3.8) is 0 Å². The van der Waals surface area contributed by atoms with Gasteiger partial charge in [0.05, 0.1) is 16.6 Å². The number of rotatable bonds is 4. The molecule has 1 fully saturated rings. The molecule has 2 aromatic carbocycles. The lowest BCUT2D eigenvalue weighted by atomic mass is 9.91. The number of hydrogen-bond donors (Lipinski definition) is 0. The summed E-state index contributed by atoms with van der Waals surface area (Å²) in [6.07, 6.45) is 4.80. The number of aryl methyl sites for hydroxylation is 1. The van der Waals surface area contributed by atoms with Gasteiger partial charge >= 0.3 is 0 Å². The van der Waals surface area contributed by atoms with Gasteiger partial charge in [0, 0.05) is 37.1 Å². The van der Waals surface area contributed by atoms with E-state index in [0.717, 1.165) is 23.1 Å². The molecule has 0 saturated carbocycles. The van der Waals surface area contributed by atoms with Gasteiger partial charge < -0.3 is 14.4 Å². The number of ether oxygens (including phenoxy) is 2. The van der Waals surface area contributed by atoms with E-state index in [2.05, 4.69) is 22.0 Å². The molecule has 1 saturated heterocycles. The average Bonchev–Trinajstić information content (AvgIpc) is 2.74. The molecule has 5 nitrogen and oxygen atoms in total. The average molecular weight is 488 g/mol. The van der Waals surface area contributed by atoms with E-state index in [1.807, 2.05) is 6.07 Å². The first-order valence-corrected chi connectivity index (χ1v) is 11.5. The number of carbonyl (C=O) groups is 2. The molecule has 162 valence electrons. The number of amides is 1. The van der Waals surface area contributed by atoms with E-state index in [-0.39, 0.29) is 36.2 Å². The van der Waals surface area contributed by atoms with Gasteiger partial charge in [-0.1, -0.05) is 6.07 Å². The molecule has 2 heterocycles. The molecule has 1 amide bonds. The number of fused-ring (bicyclic) bond motifs is 2. The normalized spacial score (nSPS) is 18.0. The first-order chi connectivity index (χ1) is 15.0. The molecular formula is C24H23BrFNO4. The number of halogens is 2. The molecule has 3 aliphatic rings. The second kappa shape index (κ2) is 8.26. The fourth-order valence-electron chi connectivity index (χ4n) is 4.55. The van der Waals surface area contributed by atoms with E-state index in [0.29, 0.717) is 31.0 Å². The van der Waals surface area contributed by atoms with Crippen LogP contribution in [0.1, 0.15) is 39.9 Å². The SMILES string of the molecule is O=C1COc2cc(F)c(C(=O)N3CC(COc4ccc5c(c4Br)CCCC5)C3)cc2C1. The van der Waals surface area contributed by atoms with Crippen LogP contribution in [0.2, 0.25) is 0 Å². The van der Waals surface area contributed by atoms with Crippen LogP contribution in [-0.2, 0) is 24.1 Å². The summed E-state index contributed by atoms with van der Waals surface area (Å²) in [6, 6.07) is 6.83. The minimum atomic E-state index is -0.615. The number of hydrogen-bond acceptors (Lipinski definition) is 4. The summed E-state index contributed by atoms with van der Waals surface area (Å²) in [7, 11) is 0. The van der Waals surface area contributed by atoms with Crippen molar-refractivity contribution in [1.29, 1.82) is 0 Å². The van der Waals surface area contributed by atoms with Crippen molar-refractivity contribution >= 4 is 27.6 Å². The topological polar surface area (TPSA) is 55.8 Å². The minimum Gasteiger partial charge on any atom is -0.492 e. The van der Waals surface area contributed by atoms with Crippen LogP contribution in [0.25, 0.3) is 0 Å². The van der Waals surface area contributed by atoms with Crippen LogP contribution in [0.5, 0.6) is 11.5 Å². The van der Waals surface area contributed by atoms with Crippen molar-refractivity contribution in [2.45, 2.75) is 32.1 Å². The summed E-state index contributed by atoms with van der Waals surface area (Å²) in [4.78, 5) is 26.0. The quantitative estimate of drug-likeness (QED) is 0.650. The minimum absolute atomic E-state index is 0.00569. The fraction of sp³-hybridized carbons (Fsp3) is 0.417. The third-order valence-electron chi connectivity index (χ3n) is 6.30. The summed E-state index contributed by atoms with van der Waals surface area (Å²) in [5.41, 5.74) is 3.30. The second-order valence-electron chi connectivity index (χ2n) is 8.55. The van der Waals surface area contributed by atoms with Crippen molar-refractivity contribution < 1.29 is 23.5 Å². The highest BCUT2D eigenvalue weighted by molar-refractivity contribution is 9.10. The van der Waals surface area contributed by atoms with Crippen molar-refractivity contribution in [2.24, 2.45) is 5.92 Å². The van der Waals surface area contributed by atoms with Gasteiger partial charge in [0.25, 0.3) is 5.91 Å². The van der Waals surface area contributed by atoms with Gasteiger partial charge in [-0.3, -0.25) is 9.59 Å². The largest absolute Gasteiger partial charge is 0.492 e. The maximum atomic E-state index is 14.5. The number of carbonyl (C=O) groups excluding carboxylic acids is 2. The maximum absolute atomic E-state index is 14.5. The first-order valence-electron chi connectivity index (χ1n) is 10.7. The third kappa shape index (κ3) is 3.95. The molecule has 0 unspecified atom stereocenters. The van der Waals surface area contributed by atoms with Crippen molar-refractivity contribution in [3.8, 4) is 11.5 Å². The predicted octanol–water partition coefficient (Wildman–Crippen LogP) is 4.12. The van der Waals surface area contributed by atoms with Gasteiger partial charge in [0.2, 0.25) is 0 Å². The Morgan fingerprint density at radius 1 is 1.19 bits per heavy atom. The van der Waals surface area contributed by atoms with E-state index >= 15 is 0 Å². The summed E-state index contributed by atoms with van der Waals surface area (Å²) in [5.74, 6) is 0.347. The van der Waals surface area contributed by atoms with Gasteiger partial charge in [0.1, 0.15) is 23.9 Å². The number of ketones is 1. The monoisotopic (exact) mass is 487 g/mol. The summed E-state index contributed by atoms with van der Waals surface area (Å²) in [5, 5.41) is 0. The zero-order valence-electron chi connectivity index (χ0n) is 17.1. The Morgan fingerprint density at radius 2 is 2.00 bits per heavy atom. The highest BCUT2D eigenvalue weighted by Crippen LogP contribution is 2.36. The van der Waals surface area contributed by atoms with E-state index in [1.165, 1.54) is 36.1 Å². The summed E-state index contributed by atoms with van der Waals surface area (Å²) >= 11 is 3.70. The zero-order chi connectivity index (χ0) is 21.5. The number of benzene rings is 2. The molecule has 0 aromatic heterocycles. The molecule has 2 aliphatic heterocycles. The molecule has 1 aliphatic carbocycles. The fourth-order valence-corrected chi connectivity index (χ4v) is 5.25. The highest BCUT2D eigenvalue weighted by atomic mass is 79.9. The lowest BCUT2D eigenvalue weighted by Crippen LogP contribution is -2.52. The van der Waals surface area contributed by atoms with E-state index in [1.54, 1.807) is 4.90 Å². The Labute approximate surface area is 188 Å². The van der Waals surface area contributed by atoms with Gasteiger partial charge in [-0.25, -0.2) is 4.39 Å². The van der Waals surface area contributed by atoms with Gasteiger partial charge in [-0.05, 0) is 64.9 Å². The summed E-state index contributed by atoms with van der Waals surface area (Å²) in [6.45, 7) is 1.50. The van der Waals surface area contributed by atoms with Crippen LogP contribution in [0, 0.1) is 11.7 Å². The van der Waals surface area contributed by atoms with E-state index < -0.39 is 5.82 Å². The van der Waals surface area contributed by atoms with Gasteiger partial charge in [-0.15, -0.1) is 0 Å². The Hall–Kier alpha value is -2.41. The van der Waals surface area contributed by atoms with E-state index in [4.69, 9.17) is 9.47 Å². The molecule has 0 bridgehead atoms. The molecule has 5 rings (SSSR count). The lowest BCUT2D eigenvalue weighted by Gasteiger charge is -2.39. The van der Waals surface area contributed by atoms with Crippen molar-refractivity contribution in [3.05, 3.63) is 56.8 Å². The molecule has 7 heteroatoms. The molecule has 0 atom stereocenters. The lowest BCUT2D eigenvalue weighted by molar-refractivity contribution is -0.121. The molecule has 0 spiro atoms. The number of nitrogens with zero attached hydrogens (tertiary/aromatic N) is 1. The molecule has 0 radical (unpaired) electrons. The van der Waals surface area contributed by atoms with Crippen LogP contribution in [0.3, 0.4) is 0 Å². The predicted molar refractivity (Wildman–Crippen MR) is 116 cm³/mol. The zero-order valence-corrected chi connectivity index (χ0v) is 18.7. The number of Topliss-reactive ketones (excluding diaryl/α,β-unsaturated/α-hetero) is 1. The van der Waals surface area contributed by atoms with Crippen molar-refractivity contribution in [2.75, 3.05) is 26.3 Å². The molecule has 2 aromatic rings. The Kier molecular flexibility index (Phi) is 5.46. The molecular weight excluding hydrogens is 465 g/mol. The Balaban J connectivity index is 1.19. The Morgan fingerprint density at radius 3 is 2.84 bits per heavy atom.